The van der Waals surface area contributed by atoms with Crippen LogP contribution in [-0.2, 0) is 18.9 Å². The third-order valence-electron chi connectivity index (χ3n) is 2.02. The Morgan fingerprint density at radius 2 is 1.79 bits per heavy atom. The first-order valence-corrected chi connectivity index (χ1v) is 4.56. The standard InChI is InChI=1S/C5H8N2O.C4H7NO/c1-6-3-4-7(2)5(6)8;6-4-2-1-3-5-4/h3-4H,1-2H3;1-3H2,(H,5,6). The number of imidazole rings is 1. The highest BCUT2D eigenvalue weighted by Crippen LogP contribution is 1.93. The molecule has 2 heterocycles. The molecule has 2 rings (SSSR count). The molecule has 0 saturated carbocycles. The first kappa shape index (κ1) is 10.6. The van der Waals surface area contributed by atoms with Gasteiger partial charge in [0.15, 0.2) is 0 Å². The fraction of sp³-hybridized carbons (Fsp3) is 0.556. The molecule has 78 valence electrons. The van der Waals surface area contributed by atoms with Crippen LogP contribution >= 0.6 is 0 Å². The van der Waals surface area contributed by atoms with Crippen molar-refractivity contribution >= 4 is 5.91 Å². The Morgan fingerprint density at radius 1 is 1.21 bits per heavy atom. The Kier molecular flexibility index (Phi) is 3.50. The molecule has 1 amide bonds. The molecule has 0 aliphatic carbocycles. The maximum atomic E-state index is 10.7. The first-order chi connectivity index (χ1) is 6.61. The molecule has 1 aromatic heterocycles. The van der Waals surface area contributed by atoms with Crippen LogP contribution in [0, 0.1) is 0 Å². The molecule has 5 nitrogen and oxygen atoms in total. The van der Waals surface area contributed by atoms with Crippen molar-refractivity contribution in [3.8, 4) is 0 Å². The molecule has 1 N–H and O–H groups in total. The monoisotopic (exact) mass is 197 g/mol. The zero-order chi connectivity index (χ0) is 10.6. The number of hydrogen-bond acceptors (Lipinski definition) is 2. The van der Waals surface area contributed by atoms with Gasteiger partial charge in [-0.2, -0.15) is 0 Å². The average Bonchev–Trinajstić information content (AvgIpc) is 2.73. The lowest BCUT2D eigenvalue weighted by atomic mass is 10.4. The number of nitrogens with one attached hydrogen (secondary N) is 1. The Labute approximate surface area is 82.3 Å². The number of aryl methyl sites for hydroxylation is 2. The summed E-state index contributed by atoms with van der Waals surface area (Å²) >= 11 is 0. The van der Waals surface area contributed by atoms with Gasteiger partial charge in [-0.05, 0) is 6.42 Å². The fourth-order valence-electron chi connectivity index (χ4n) is 1.14. The lowest BCUT2D eigenvalue weighted by Crippen LogP contribution is -2.18. The summed E-state index contributed by atoms with van der Waals surface area (Å²) in [6.07, 6.45) is 5.21. The smallest absolute Gasteiger partial charge is 0.327 e. The largest absolute Gasteiger partial charge is 0.356 e. The topological polar surface area (TPSA) is 56.0 Å². The van der Waals surface area contributed by atoms with E-state index in [1.54, 1.807) is 26.5 Å². The molecule has 5 heteroatoms. The highest BCUT2D eigenvalue weighted by molar-refractivity contribution is 5.77. The van der Waals surface area contributed by atoms with Crippen molar-refractivity contribution in [3.05, 3.63) is 22.9 Å². The summed E-state index contributed by atoms with van der Waals surface area (Å²) in [5.74, 6) is 0.204. The molecule has 0 radical (unpaired) electrons. The van der Waals surface area contributed by atoms with Crippen molar-refractivity contribution in [3.63, 3.8) is 0 Å². The van der Waals surface area contributed by atoms with E-state index in [0.717, 1.165) is 19.4 Å². The fourth-order valence-corrected chi connectivity index (χ4v) is 1.14. The average molecular weight is 197 g/mol. The van der Waals surface area contributed by atoms with E-state index in [4.69, 9.17) is 0 Å². The molecule has 0 aromatic carbocycles. The van der Waals surface area contributed by atoms with Gasteiger partial charge in [-0.15, -0.1) is 0 Å². The first-order valence-electron chi connectivity index (χ1n) is 4.56. The Hall–Kier alpha value is -1.52. The van der Waals surface area contributed by atoms with Crippen LogP contribution in [0.2, 0.25) is 0 Å². The Morgan fingerprint density at radius 3 is 1.93 bits per heavy atom. The lowest BCUT2D eigenvalue weighted by Gasteiger charge is -1.82. The van der Waals surface area contributed by atoms with Gasteiger partial charge in [0, 0.05) is 39.5 Å². The number of carbonyl (C=O) groups is 1. The van der Waals surface area contributed by atoms with E-state index in [9.17, 15) is 9.59 Å². The number of rotatable bonds is 0. The molecular formula is C9H15N3O2. The van der Waals surface area contributed by atoms with Gasteiger partial charge in [0.2, 0.25) is 5.91 Å². The quantitative estimate of drug-likeness (QED) is 0.616. The summed E-state index contributed by atoms with van der Waals surface area (Å²) in [5, 5.41) is 2.68. The van der Waals surface area contributed by atoms with Gasteiger partial charge in [0.1, 0.15) is 0 Å². The van der Waals surface area contributed by atoms with E-state index < -0.39 is 0 Å². The van der Waals surface area contributed by atoms with E-state index in [-0.39, 0.29) is 11.6 Å². The summed E-state index contributed by atoms with van der Waals surface area (Å²) < 4.78 is 3.06. The van der Waals surface area contributed by atoms with Crippen molar-refractivity contribution in [2.45, 2.75) is 12.8 Å². The summed E-state index contributed by atoms with van der Waals surface area (Å²) in [6, 6.07) is 0. The Bertz CT molecular complexity index is 334. The van der Waals surface area contributed by atoms with Crippen LogP contribution in [-0.4, -0.2) is 21.6 Å². The highest BCUT2D eigenvalue weighted by Gasteiger charge is 2.05. The van der Waals surface area contributed by atoms with Gasteiger partial charge in [0.25, 0.3) is 0 Å². The van der Waals surface area contributed by atoms with Crippen LogP contribution in [0.1, 0.15) is 12.8 Å². The van der Waals surface area contributed by atoms with Crippen molar-refractivity contribution in [1.82, 2.24) is 14.5 Å². The molecule has 0 bridgehead atoms. The van der Waals surface area contributed by atoms with Crippen molar-refractivity contribution < 1.29 is 4.79 Å². The van der Waals surface area contributed by atoms with Gasteiger partial charge >= 0.3 is 5.69 Å². The molecule has 1 fully saturated rings. The lowest BCUT2D eigenvalue weighted by molar-refractivity contribution is -0.119. The van der Waals surface area contributed by atoms with Gasteiger partial charge in [0.05, 0.1) is 0 Å². The van der Waals surface area contributed by atoms with Crippen molar-refractivity contribution in [1.29, 1.82) is 0 Å². The van der Waals surface area contributed by atoms with Gasteiger partial charge < -0.3 is 14.5 Å². The van der Waals surface area contributed by atoms with Crippen molar-refractivity contribution in [2.24, 2.45) is 14.1 Å². The zero-order valence-corrected chi connectivity index (χ0v) is 8.49. The molecule has 1 aromatic rings. The summed E-state index contributed by atoms with van der Waals surface area (Å²) in [5.41, 5.74) is 0.0185. The normalized spacial score (nSPS) is 14.6. The number of nitrogens with zero attached hydrogens (tertiary/aromatic N) is 2. The van der Waals surface area contributed by atoms with E-state index in [0.29, 0.717) is 0 Å². The van der Waals surface area contributed by atoms with Gasteiger partial charge in [-0.1, -0.05) is 0 Å². The number of amides is 1. The maximum Gasteiger partial charge on any atom is 0.327 e. The van der Waals surface area contributed by atoms with E-state index in [1.165, 1.54) is 9.13 Å². The molecule has 1 saturated heterocycles. The predicted octanol–water partition coefficient (Wildman–Crippen LogP) is -0.380. The van der Waals surface area contributed by atoms with Crippen LogP contribution in [0.15, 0.2) is 17.2 Å². The zero-order valence-electron chi connectivity index (χ0n) is 8.49. The van der Waals surface area contributed by atoms with Gasteiger partial charge in [-0.3, -0.25) is 4.79 Å². The summed E-state index contributed by atoms with van der Waals surface area (Å²) in [7, 11) is 3.45. The third kappa shape index (κ3) is 2.76. The maximum absolute atomic E-state index is 10.7. The summed E-state index contributed by atoms with van der Waals surface area (Å²) in [6.45, 7) is 0.888. The molecule has 1 aliphatic rings. The van der Waals surface area contributed by atoms with Crippen LogP contribution in [0.4, 0.5) is 0 Å². The Balaban J connectivity index is 0.000000146. The van der Waals surface area contributed by atoms with Crippen molar-refractivity contribution in [2.75, 3.05) is 6.54 Å². The minimum Gasteiger partial charge on any atom is -0.356 e. The second-order valence-electron chi connectivity index (χ2n) is 3.26. The van der Waals surface area contributed by atoms with Crippen LogP contribution < -0.4 is 11.0 Å². The van der Waals surface area contributed by atoms with E-state index >= 15 is 0 Å². The molecule has 0 spiro atoms. The molecule has 1 aliphatic heterocycles. The number of aromatic nitrogens is 2. The minimum absolute atomic E-state index is 0.0185. The third-order valence-corrected chi connectivity index (χ3v) is 2.02. The van der Waals surface area contributed by atoms with Gasteiger partial charge in [-0.25, -0.2) is 4.79 Å². The van der Waals surface area contributed by atoms with Crippen LogP contribution in [0.3, 0.4) is 0 Å². The summed E-state index contributed by atoms with van der Waals surface area (Å²) in [4.78, 5) is 20.8. The molecule has 0 unspecified atom stereocenters. The number of hydrogen-bond donors (Lipinski definition) is 1. The molecule has 0 atom stereocenters. The second kappa shape index (κ2) is 4.64. The van der Waals surface area contributed by atoms with Crippen LogP contribution in [0.5, 0.6) is 0 Å². The second-order valence-corrected chi connectivity index (χ2v) is 3.26. The SMILES string of the molecule is Cn1ccn(C)c1=O.O=C1CCCN1. The van der Waals surface area contributed by atoms with E-state index in [1.807, 2.05) is 0 Å². The highest BCUT2D eigenvalue weighted by atomic mass is 16.2. The minimum atomic E-state index is 0.0185. The van der Waals surface area contributed by atoms with Crippen LogP contribution in [0.25, 0.3) is 0 Å². The molecule has 14 heavy (non-hydrogen) atoms. The predicted molar refractivity (Wildman–Crippen MR) is 52.9 cm³/mol. The number of carbonyl (C=O) groups excluding carboxylic acids is 1. The van der Waals surface area contributed by atoms with E-state index in [2.05, 4.69) is 5.32 Å². The molecular weight excluding hydrogens is 182 g/mol.